The third-order valence-electron chi connectivity index (χ3n) is 2.02. The van der Waals surface area contributed by atoms with E-state index in [-0.39, 0.29) is 6.61 Å². The number of carboxylic acids is 1. The quantitative estimate of drug-likeness (QED) is 0.708. The first-order chi connectivity index (χ1) is 7.13. The smallest absolute Gasteiger partial charge is 0.309 e. The standard InChI is InChI=1S/C11H12O4/c1-8(11(13)14)7-15-10-4-2-9(6-12)3-5-10/h2,4-5,8H,3,7H2,1H3,(H,13,14). The van der Waals surface area contributed by atoms with Gasteiger partial charge in [-0.3, -0.25) is 4.79 Å². The van der Waals surface area contributed by atoms with Crippen LogP contribution in [0.5, 0.6) is 0 Å². The second-order valence-corrected chi connectivity index (χ2v) is 3.32. The molecule has 15 heavy (non-hydrogen) atoms. The van der Waals surface area contributed by atoms with Crippen LogP contribution in [0.2, 0.25) is 0 Å². The summed E-state index contributed by atoms with van der Waals surface area (Å²) in [6.07, 6.45) is 5.47. The van der Waals surface area contributed by atoms with E-state index >= 15 is 0 Å². The largest absolute Gasteiger partial charge is 0.493 e. The maximum absolute atomic E-state index is 10.5. The van der Waals surface area contributed by atoms with Gasteiger partial charge in [0.15, 0.2) is 0 Å². The van der Waals surface area contributed by atoms with E-state index in [0.717, 1.165) is 0 Å². The average Bonchev–Trinajstić information content (AvgIpc) is 2.26. The van der Waals surface area contributed by atoms with Gasteiger partial charge >= 0.3 is 5.97 Å². The molecule has 0 saturated carbocycles. The predicted octanol–water partition coefficient (Wildman–Crippen LogP) is 1.33. The van der Waals surface area contributed by atoms with Gasteiger partial charge in [-0.2, -0.15) is 0 Å². The van der Waals surface area contributed by atoms with Gasteiger partial charge in [-0.05, 0) is 25.2 Å². The summed E-state index contributed by atoms with van der Waals surface area (Å²) >= 11 is 0. The Kier molecular flexibility index (Phi) is 3.89. The lowest BCUT2D eigenvalue weighted by molar-refractivity contribution is -0.142. The van der Waals surface area contributed by atoms with Gasteiger partial charge in [0.25, 0.3) is 0 Å². The summed E-state index contributed by atoms with van der Waals surface area (Å²) in [5, 5.41) is 8.62. The Bertz CT molecular complexity index is 359. The van der Waals surface area contributed by atoms with E-state index in [2.05, 4.69) is 0 Å². The lowest BCUT2D eigenvalue weighted by atomic mass is 10.1. The van der Waals surface area contributed by atoms with Crippen LogP contribution < -0.4 is 0 Å². The number of carbonyl (C=O) groups excluding carboxylic acids is 1. The maximum Gasteiger partial charge on any atom is 0.309 e. The van der Waals surface area contributed by atoms with Crippen molar-refractivity contribution < 1.29 is 19.4 Å². The van der Waals surface area contributed by atoms with Crippen molar-refractivity contribution in [3.8, 4) is 0 Å². The van der Waals surface area contributed by atoms with Crippen LogP contribution in [0.4, 0.5) is 0 Å². The SMILES string of the molecule is CC(COC1=CCC(=C=O)C=C1)C(=O)O. The first kappa shape index (κ1) is 11.3. The molecule has 0 bridgehead atoms. The minimum Gasteiger partial charge on any atom is -0.493 e. The van der Waals surface area contributed by atoms with Crippen LogP contribution in [0.15, 0.2) is 29.6 Å². The summed E-state index contributed by atoms with van der Waals surface area (Å²) in [5.74, 6) is 0.967. The molecular formula is C11H12O4. The predicted molar refractivity (Wildman–Crippen MR) is 53.8 cm³/mol. The number of hydrogen-bond acceptors (Lipinski definition) is 3. The molecule has 4 heteroatoms. The molecule has 1 aliphatic rings. The zero-order valence-electron chi connectivity index (χ0n) is 8.40. The van der Waals surface area contributed by atoms with Gasteiger partial charge < -0.3 is 9.84 Å². The van der Waals surface area contributed by atoms with E-state index in [1.165, 1.54) is 0 Å². The molecule has 0 radical (unpaired) electrons. The van der Waals surface area contributed by atoms with Gasteiger partial charge in [0.05, 0.1) is 5.92 Å². The van der Waals surface area contributed by atoms with E-state index in [1.54, 1.807) is 31.1 Å². The summed E-state index contributed by atoms with van der Waals surface area (Å²) < 4.78 is 5.25. The van der Waals surface area contributed by atoms with Crippen molar-refractivity contribution in [2.24, 2.45) is 5.92 Å². The van der Waals surface area contributed by atoms with Gasteiger partial charge in [0, 0.05) is 12.0 Å². The first-order valence-electron chi connectivity index (χ1n) is 4.61. The Labute approximate surface area is 87.5 Å². The maximum atomic E-state index is 10.5. The van der Waals surface area contributed by atoms with Crippen molar-refractivity contribution in [2.75, 3.05) is 6.61 Å². The number of aliphatic carboxylic acids is 1. The van der Waals surface area contributed by atoms with Crippen LogP contribution >= 0.6 is 0 Å². The van der Waals surface area contributed by atoms with Crippen molar-refractivity contribution in [3.05, 3.63) is 29.6 Å². The highest BCUT2D eigenvalue weighted by Crippen LogP contribution is 2.14. The summed E-state index contributed by atoms with van der Waals surface area (Å²) in [7, 11) is 0. The van der Waals surface area contributed by atoms with Crippen LogP contribution in [-0.4, -0.2) is 23.6 Å². The second kappa shape index (κ2) is 5.17. The molecule has 4 nitrogen and oxygen atoms in total. The zero-order chi connectivity index (χ0) is 11.3. The van der Waals surface area contributed by atoms with Crippen LogP contribution in [0.1, 0.15) is 13.3 Å². The normalized spacial score (nSPS) is 16.6. The van der Waals surface area contributed by atoms with E-state index in [0.29, 0.717) is 17.8 Å². The molecule has 0 aromatic heterocycles. The summed E-state index contributed by atoms with van der Waals surface area (Å²) in [6, 6.07) is 0. The molecule has 0 aromatic carbocycles. The van der Waals surface area contributed by atoms with Crippen molar-refractivity contribution >= 4 is 11.9 Å². The summed E-state index contributed by atoms with van der Waals surface area (Å²) in [4.78, 5) is 20.8. The Hall–Kier alpha value is -1.80. The third-order valence-corrected chi connectivity index (χ3v) is 2.02. The molecule has 1 N–H and O–H groups in total. The van der Waals surface area contributed by atoms with Gasteiger partial charge in [0.2, 0.25) is 0 Å². The van der Waals surface area contributed by atoms with Crippen LogP contribution in [0.3, 0.4) is 0 Å². The van der Waals surface area contributed by atoms with Crippen LogP contribution in [0.25, 0.3) is 0 Å². The third kappa shape index (κ3) is 3.44. The van der Waals surface area contributed by atoms with E-state index in [9.17, 15) is 9.59 Å². The molecule has 80 valence electrons. The fraction of sp³-hybridized carbons (Fsp3) is 0.364. The van der Waals surface area contributed by atoms with E-state index < -0.39 is 11.9 Å². The summed E-state index contributed by atoms with van der Waals surface area (Å²) in [5.41, 5.74) is 0.564. The molecule has 0 aliphatic heterocycles. The van der Waals surface area contributed by atoms with Crippen molar-refractivity contribution in [1.29, 1.82) is 0 Å². The Balaban J connectivity index is 2.43. The monoisotopic (exact) mass is 208 g/mol. The number of carbonyl (C=O) groups is 1. The minimum absolute atomic E-state index is 0.131. The molecule has 0 heterocycles. The van der Waals surface area contributed by atoms with Gasteiger partial charge in [-0.1, -0.05) is 0 Å². The molecule has 0 aromatic rings. The molecule has 1 unspecified atom stereocenters. The molecule has 0 amide bonds. The Morgan fingerprint density at radius 2 is 2.40 bits per heavy atom. The number of rotatable bonds is 4. The fourth-order valence-electron chi connectivity index (χ4n) is 1.00. The number of allylic oxidation sites excluding steroid dienone is 4. The highest BCUT2D eigenvalue weighted by Gasteiger charge is 2.12. The van der Waals surface area contributed by atoms with E-state index in [1.807, 2.05) is 0 Å². The lowest BCUT2D eigenvalue weighted by Crippen LogP contribution is -2.15. The molecule has 1 aliphatic carbocycles. The van der Waals surface area contributed by atoms with Gasteiger partial charge in [-0.15, -0.1) is 0 Å². The zero-order valence-corrected chi connectivity index (χ0v) is 8.40. The summed E-state index contributed by atoms with van der Waals surface area (Å²) in [6.45, 7) is 1.71. The van der Waals surface area contributed by atoms with Crippen LogP contribution in [-0.2, 0) is 14.3 Å². The van der Waals surface area contributed by atoms with Crippen molar-refractivity contribution in [3.63, 3.8) is 0 Å². The average molecular weight is 208 g/mol. The molecule has 1 rings (SSSR count). The molecular weight excluding hydrogens is 196 g/mol. The number of hydrogen-bond donors (Lipinski definition) is 1. The van der Waals surface area contributed by atoms with Gasteiger partial charge in [-0.25, -0.2) is 4.79 Å². The molecule has 0 fully saturated rings. The van der Waals surface area contributed by atoms with Crippen LogP contribution in [0, 0.1) is 5.92 Å². The molecule has 0 saturated heterocycles. The highest BCUT2D eigenvalue weighted by atomic mass is 16.5. The van der Waals surface area contributed by atoms with Crippen molar-refractivity contribution in [1.82, 2.24) is 0 Å². The number of ether oxygens (including phenoxy) is 1. The Morgan fingerprint density at radius 1 is 1.67 bits per heavy atom. The first-order valence-corrected chi connectivity index (χ1v) is 4.61. The van der Waals surface area contributed by atoms with E-state index in [4.69, 9.17) is 9.84 Å². The topological polar surface area (TPSA) is 63.6 Å². The molecule has 0 spiro atoms. The minimum atomic E-state index is -0.885. The number of carboxylic acid groups (broad SMARTS) is 1. The fourth-order valence-corrected chi connectivity index (χ4v) is 1.00. The highest BCUT2D eigenvalue weighted by molar-refractivity contribution is 5.69. The van der Waals surface area contributed by atoms with Crippen molar-refractivity contribution in [2.45, 2.75) is 13.3 Å². The second-order valence-electron chi connectivity index (χ2n) is 3.32. The molecule has 1 atom stereocenters. The Morgan fingerprint density at radius 3 is 2.87 bits per heavy atom. The van der Waals surface area contributed by atoms with Gasteiger partial charge in [0.1, 0.15) is 18.3 Å². The lowest BCUT2D eigenvalue weighted by Gasteiger charge is -2.12.